The first-order valence-corrected chi connectivity index (χ1v) is 9.38. The molecule has 0 spiro atoms. The highest BCUT2D eigenvalue weighted by Crippen LogP contribution is 2.47. The first-order valence-electron chi connectivity index (χ1n) is 9.38. The van der Waals surface area contributed by atoms with Gasteiger partial charge in [-0.1, -0.05) is 38.1 Å². The van der Waals surface area contributed by atoms with Gasteiger partial charge in [-0.3, -0.25) is 4.79 Å². The number of carbonyl (C=O) groups excluding carboxylic acids is 1. The number of nitrogens with one attached hydrogen (secondary N) is 1. The Morgan fingerprint density at radius 3 is 2.72 bits per heavy atom. The van der Waals surface area contributed by atoms with E-state index in [1.165, 1.54) is 24.0 Å². The molecule has 1 N–H and O–H groups in total. The van der Waals surface area contributed by atoms with Crippen LogP contribution in [0.15, 0.2) is 30.6 Å². The van der Waals surface area contributed by atoms with Crippen molar-refractivity contribution in [3.8, 4) is 0 Å². The highest BCUT2D eigenvalue weighted by Gasteiger charge is 2.43. The third-order valence-corrected chi connectivity index (χ3v) is 5.40. The first kappa shape index (κ1) is 16.3. The van der Waals surface area contributed by atoms with Crippen molar-refractivity contribution in [3.63, 3.8) is 0 Å². The SMILES string of the molecule is CC(C)c1ccc([C@H]2C[C@H]2C(=O)NCCn2cnnc2C2CC2)cc1. The zero-order valence-electron chi connectivity index (χ0n) is 15.0. The number of aromatic nitrogens is 3. The molecule has 2 aliphatic rings. The summed E-state index contributed by atoms with van der Waals surface area (Å²) in [6, 6.07) is 8.76. The van der Waals surface area contributed by atoms with Crippen LogP contribution in [0.1, 0.15) is 67.8 Å². The van der Waals surface area contributed by atoms with Crippen molar-refractivity contribution >= 4 is 5.91 Å². The minimum absolute atomic E-state index is 0.133. The zero-order chi connectivity index (χ0) is 17.4. The molecule has 2 saturated carbocycles. The van der Waals surface area contributed by atoms with Crippen molar-refractivity contribution in [2.45, 2.75) is 57.4 Å². The Labute approximate surface area is 148 Å². The molecular weight excluding hydrogens is 312 g/mol. The molecular formula is C20H26N4O. The predicted molar refractivity (Wildman–Crippen MR) is 96.4 cm³/mol. The maximum atomic E-state index is 12.4. The van der Waals surface area contributed by atoms with Crippen LogP contribution in [0.3, 0.4) is 0 Å². The molecule has 2 aliphatic carbocycles. The quantitative estimate of drug-likeness (QED) is 0.843. The highest BCUT2D eigenvalue weighted by atomic mass is 16.2. The molecule has 5 heteroatoms. The fourth-order valence-electron chi connectivity index (χ4n) is 3.51. The lowest BCUT2D eigenvalue weighted by molar-refractivity contribution is -0.122. The second-order valence-electron chi connectivity index (χ2n) is 7.72. The lowest BCUT2D eigenvalue weighted by Gasteiger charge is -2.08. The molecule has 1 amide bonds. The molecule has 0 aliphatic heterocycles. The molecule has 2 aromatic rings. The molecule has 4 rings (SSSR count). The van der Waals surface area contributed by atoms with Gasteiger partial charge in [-0.25, -0.2) is 0 Å². The molecule has 0 bridgehead atoms. The number of hydrogen-bond acceptors (Lipinski definition) is 3. The van der Waals surface area contributed by atoms with Crippen LogP contribution in [0.2, 0.25) is 0 Å². The van der Waals surface area contributed by atoms with Gasteiger partial charge in [-0.2, -0.15) is 0 Å². The largest absolute Gasteiger partial charge is 0.354 e. The van der Waals surface area contributed by atoms with Crippen LogP contribution in [-0.2, 0) is 11.3 Å². The summed E-state index contributed by atoms with van der Waals surface area (Å²) in [5.74, 6) is 2.90. The smallest absolute Gasteiger partial charge is 0.223 e. The van der Waals surface area contributed by atoms with E-state index in [9.17, 15) is 4.79 Å². The van der Waals surface area contributed by atoms with Gasteiger partial charge in [0, 0.05) is 24.9 Å². The molecule has 25 heavy (non-hydrogen) atoms. The molecule has 5 nitrogen and oxygen atoms in total. The maximum Gasteiger partial charge on any atom is 0.223 e. The van der Waals surface area contributed by atoms with E-state index in [1.54, 1.807) is 6.33 Å². The van der Waals surface area contributed by atoms with Gasteiger partial charge in [0.05, 0.1) is 0 Å². The minimum atomic E-state index is 0.133. The second kappa shape index (κ2) is 6.62. The molecule has 0 radical (unpaired) electrons. The molecule has 2 fully saturated rings. The fourth-order valence-corrected chi connectivity index (χ4v) is 3.51. The summed E-state index contributed by atoms with van der Waals surface area (Å²) in [5.41, 5.74) is 2.64. The Morgan fingerprint density at radius 1 is 1.28 bits per heavy atom. The zero-order valence-corrected chi connectivity index (χ0v) is 15.0. The van der Waals surface area contributed by atoms with Gasteiger partial charge < -0.3 is 9.88 Å². The van der Waals surface area contributed by atoms with Crippen molar-refractivity contribution in [1.82, 2.24) is 20.1 Å². The van der Waals surface area contributed by atoms with E-state index in [0.717, 1.165) is 18.8 Å². The molecule has 132 valence electrons. The van der Waals surface area contributed by atoms with Gasteiger partial charge in [0.2, 0.25) is 5.91 Å². The average molecular weight is 338 g/mol. The number of nitrogens with zero attached hydrogens (tertiary/aromatic N) is 3. The van der Waals surface area contributed by atoms with Crippen LogP contribution >= 0.6 is 0 Å². The van der Waals surface area contributed by atoms with E-state index < -0.39 is 0 Å². The van der Waals surface area contributed by atoms with Crippen molar-refractivity contribution in [3.05, 3.63) is 47.5 Å². The number of benzene rings is 1. The van der Waals surface area contributed by atoms with Crippen molar-refractivity contribution in [1.29, 1.82) is 0 Å². The van der Waals surface area contributed by atoms with Gasteiger partial charge in [0.1, 0.15) is 12.2 Å². The molecule has 0 saturated heterocycles. The lowest BCUT2D eigenvalue weighted by Crippen LogP contribution is -2.29. The average Bonchev–Trinajstić information content (AvgIpc) is 3.53. The van der Waals surface area contributed by atoms with Crippen LogP contribution in [-0.4, -0.2) is 27.2 Å². The summed E-state index contributed by atoms with van der Waals surface area (Å²) < 4.78 is 2.08. The van der Waals surface area contributed by atoms with E-state index in [4.69, 9.17) is 0 Å². The molecule has 1 aromatic heterocycles. The van der Waals surface area contributed by atoms with Gasteiger partial charge in [0.25, 0.3) is 0 Å². The summed E-state index contributed by atoms with van der Waals surface area (Å²) in [6.45, 7) is 5.80. The van der Waals surface area contributed by atoms with Gasteiger partial charge in [-0.05, 0) is 42.2 Å². The number of rotatable bonds is 7. The van der Waals surface area contributed by atoms with Crippen LogP contribution in [0, 0.1) is 5.92 Å². The van der Waals surface area contributed by atoms with Crippen molar-refractivity contribution in [2.24, 2.45) is 5.92 Å². The summed E-state index contributed by atoms with van der Waals surface area (Å²) >= 11 is 0. The fraction of sp³-hybridized carbons (Fsp3) is 0.550. The Hall–Kier alpha value is -2.17. The van der Waals surface area contributed by atoms with Crippen LogP contribution in [0.25, 0.3) is 0 Å². The van der Waals surface area contributed by atoms with Crippen molar-refractivity contribution < 1.29 is 4.79 Å². The van der Waals surface area contributed by atoms with Crippen LogP contribution < -0.4 is 5.32 Å². The summed E-state index contributed by atoms with van der Waals surface area (Å²) in [5, 5.41) is 11.3. The van der Waals surface area contributed by atoms with Crippen LogP contribution in [0.4, 0.5) is 0 Å². The van der Waals surface area contributed by atoms with Gasteiger partial charge >= 0.3 is 0 Å². The summed E-state index contributed by atoms with van der Waals surface area (Å²) in [6.07, 6.45) is 5.16. The van der Waals surface area contributed by atoms with Gasteiger partial charge in [-0.15, -0.1) is 10.2 Å². The van der Waals surface area contributed by atoms with E-state index in [-0.39, 0.29) is 11.8 Å². The Balaban J connectivity index is 1.26. The minimum Gasteiger partial charge on any atom is -0.354 e. The number of hydrogen-bond donors (Lipinski definition) is 1. The Kier molecular flexibility index (Phi) is 4.32. The maximum absolute atomic E-state index is 12.4. The second-order valence-corrected chi connectivity index (χ2v) is 7.72. The number of amides is 1. The summed E-state index contributed by atoms with van der Waals surface area (Å²) in [7, 11) is 0. The van der Waals surface area contributed by atoms with E-state index in [0.29, 0.717) is 24.3 Å². The van der Waals surface area contributed by atoms with E-state index in [1.807, 2.05) is 0 Å². The molecule has 0 unspecified atom stereocenters. The Morgan fingerprint density at radius 2 is 2.04 bits per heavy atom. The lowest BCUT2D eigenvalue weighted by atomic mass is 10.00. The first-order chi connectivity index (χ1) is 12.1. The standard InChI is InChI=1S/C20H26N4O/c1-13(2)14-3-5-15(6-4-14)17-11-18(17)20(25)21-9-10-24-12-22-23-19(24)16-7-8-16/h3-6,12-13,16-18H,7-11H2,1-2H3,(H,21,25)/t17-,18-/m1/s1. The van der Waals surface area contributed by atoms with Gasteiger partial charge in [0.15, 0.2) is 0 Å². The topological polar surface area (TPSA) is 59.8 Å². The molecule has 1 heterocycles. The summed E-state index contributed by atoms with van der Waals surface area (Å²) in [4.78, 5) is 12.4. The van der Waals surface area contributed by atoms with Crippen molar-refractivity contribution in [2.75, 3.05) is 6.54 Å². The van der Waals surface area contributed by atoms with Crippen LogP contribution in [0.5, 0.6) is 0 Å². The van der Waals surface area contributed by atoms with E-state index >= 15 is 0 Å². The normalized spacial score (nSPS) is 22.2. The Bertz CT molecular complexity index is 745. The third kappa shape index (κ3) is 3.60. The molecule has 2 atom stereocenters. The highest BCUT2D eigenvalue weighted by molar-refractivity contribution is 5.82. The number of carbonyl (C=O) groups is 1. The third-order valence-electron chi connectivity index (χ3n) is 5.40. The predicted octanol–water partition coefficient (Wildman–Crippen LogP) is 3.20. The molecule has 1 aromatic carbocycles. The monoisotopic (exact) mass is 338 g/mol. The van der Waals surface area contributed by atoms with E-state index in [2.05, 4.69) is 58.2 Å².